The molecule has 0 saturated heterocycles. The first-order chi connectivity index (χ1) is 26.0. The van der Waals surface area contributed by atoms with Gasteiger partial charge >= 0.3 is 0 Å². The van der Waals surface area contributed by atoms with Crippen LogP contribution in [0.25, 0.3) is 67.1 Å². The van der Waals surface area contributed by atoms with E-state index >= 15 is 0 Å². The summed E-state index contributed by atoms with van der Waals surface area (Å²) >= 11 is 0. The Hall–Kier alpha value is -6.67. The summed E-state index contributed by atoms with van der Waals surface area (Å²) in [6.45, 7) is 8.98. The van der Waals surface area contributed by atoms with E-state index in [0.717, 1.165) is 67.5 Å². The minimum absolute atomic E-state index is 0.335. The molecule has 0 unspecified atom stereocenters. The molecule has 0 saturated carbocycles. The fourth-order valence-corrected chi connectivity index (χ4v) is 7.92. The lowest BCUT2D eigenvalue weighted by atomic mass is 9.92. The van der Waals surface area contributed by atoms with Crippen molar-refractivity contribution in [3.63, 3.8) is 0 Å². The van der Waals surface area contributed by atoms with Crippen molar-refractivity contribution < 1.29 is 4.74 Å². The zero-order valence-corrected chi connectivity index (χ0v) is 30.0. The molecule has 0 N–H and O–H groups in total. The predicted molar refractivity (Wildman–Crippen MR) is 213 cm³/mol. The summed E-state index contributed by atoms with van der Waals surface area (Å²) in [5, 5.41) is 2.32. The van der Waals surface area contributed by atoms with E-state index in [1.165, 1.54) is 22.2 Å². The molecule has 10 rings (SSSR count). The fourth-order valence-electron chi connectivity index (χ4n) is 7.92. The van der Waals surface area contributed by atoms with Crippen molar-refractivity contribution in [2.45, 2.75) is 39.5 Å². The molecule has 0 amide bonds. The molecule has 53 heavy (non-hydrogen) atoms. The number of ether oxygens (including phenoxy) is 1. The minimum Gasteiger partial charge on any atom is -0.457 e. The number of rotatable bonds is 7. The molecule has 5 aromatic carbocycles. The highest BCUT2D eigenvalue weighted by molar-refractivity contribution is 6.09. The number of fused-ring (bicyclic) bond motifs is 8. The molecule has 5 heterocycles. The number of imidazole rings is 3. The monoisotopic (exact) mass is 691 g/mol. The van der Waals surface area contributed by atoms with E-state index < -0.39 is 0 Å². The normalized spacial score (nSPS) is 12.1. The number of benzene rings is 5. The largest absolute Gasteiger partial charge is 0.457 e. The standard InChI is InChI=1S/C45H37N7O/c1-28(2)33-16-12-17-34(29(3)4)42(33)49-27-47-43-44(49)48-45-50(30-13-6-5-7-14-30)38-23-21-32(26-40(38)52(43)45)53-31-20-22-36-35-15-8-9-18-37(35)51(39(36)25-31)41-19-10-11-24-46-41/h5-29H,1-4H3. The lowest BCUT2D eigenvalue weighted by Crippen LogP contribution is -2.06. The van der Waals surface area contributed by atoms with Gasteiger partial charge in [0.05, 0.1) is 27.8 Å². The summed E-state index contributed by atoms with van der Waals surface area (Å²) in [7, 11) is 0. The zero-order chi connectivity index (χ0) is 35.8. The van der Waals surface area contributed by atoms with Gasteiger partial charge in [0.1, 0.15) is 23.6 Å². The first-order valence-corrected chi connectivity index (χ1v) is 18.2. The Morgan fingerprint density at radius 1 is 0.547 bits per heavy atom. The Morgan fingerprint density at radius 2 is 1.25 bits per heavy atom. The van der Waals surface area contributed by atoms with E-state index in [0.29, 0.717) is 11.8 Å². The molecule has 0 aliphatic heterocycles. The maximum atomic E-state index is 6.69. The molecule has 258 valence electrons. The number of pyridine rings is 1. The van der Waals surface area contributed by atoms with Gasteiger partial charge in [0.2, 0.25) is 5.78 Å². The van der Waals surface area contributed by atoms with Crippen LogP contribution < -0.4 is 4.74 Å². The number of hydrogen-bond acceptors (Lipinski definition) is 4. The summed E-state index contributed by atoms with van der Waals surface area (Å²) in [6.07, 6.45) is 3.76. The molecule has 8 heteroatoms. The van der Waals surface area contributed by atoms with Crippen LogP contribution in [-0.2, 0) is 0 Å². The quantitative estimate of drug-likeness (QED) is 0.167. The van der Waals surface area contributed by atoms with Crippen molar-refractivity contribution in [2.75, 3.05) is 0 Å². The smallest absolute Gasteiger partial charge is 0.223 e. The second kappa shape index (κ2) is 12.0. The van der Waals surface area contributed by atoms with Crippen molar-refractivity contribution in [1.82, 2.24) is 33.1 Å². The number of hydrogen-bond donors (Lipinski definition) is 0. The molecule has 0 aliphatic carbocycles. The van der Waals surface area contributed by atoms with Gasteiger partial charge in [-0.3, -0.25) is 18.1 Å². The Bertz CT molecular complexity index is 2960. The van der Waals surface area contributed by atoms with Gasteiger partial charge in [0.25, 0.3) is 0 Å². The molecule has 0 fully saturated rings. The molecular formula is C45H37N7O. The minimum atomic E-state index is 0.335. The van der Waals surface area contributed by atoms with Gasteiger partial charge in [-0.15, -0.1) is 0 Å². The first-order valence-electron chi connectivity index (χ1n) is 18.2. The van der Waals surface area contributed by atoms with Crippen molar-refractivity contribution in [3.05, 3.63) is 151 Å². The molecule has 8 nitrogen and oxygen atoms in total. The van der Waals surface area contributed by atoms with E-state index in [4.69, 9.17) is 19.7 Å². The third kappa shape index (κ3) is 4.79. The van der Waals surface area contributed by atoms with Crippen molar-refractivity contribution in [3.8, 4) is 28.7 Å². The molecular weight excluding hydrogens is 655 g/mol. The maximum absolute atomic E-state index is 6.69. The van der Waals surface area contributed by atoms with Crippen LogP contribution >= 0.6 is 0 Å². The predicted octanol–water partition coefficient (Wildman–Crippen LogP) is 11.1. The van der Waals surface area contributed by atoms with Crippen molar-refractivity contribution in [2.24, 2.45) is 0 Å². The van der Waals surface area contributed by atoms with E-state index in [2.05, 4.69) is 137 Å². The first kappa shape index (κ1) is 31.1. The summed E-state index contributed by atoms with van der Waals surface area (Å²) in [4.78, 5) is 15.1. The fraction of sp³-hybridized carbons (Fsp3) is 0.133. The van der Waals surface area contributed by atoms with Crippen LogP contribution in [0.3, 0.4) is 0 Å². The van der Waals surface area contributed by atoms with E-state index in [-0.39, 0.29) is 0 Å². The van der Waals surface area contributed by atoms with E-state index in [1.54, 1.807) is 0 Å². The van der Waals surface area contributed by atoms with Gasteiger partial charge in [0, 0.05) is 34.8 Å². The van der Waals surface area contributed by atoms with Gasteiger partial charge in [-0.25, -0.2) is 9.97 Å². The number of para-hydroxylation sites is 3. The van der Waals surface area contributed by atoms with Crippen LogP contribution in [0.15, 0.2) is 140 Å². The Morgan fingerprint density at radius 3 is 2.00 bits per heavy atom. The molecule has 5 aromatic heterocycles. The number of aromatic nitrogens is 7. The van der Waals surface area contributed by atoms with Gasteiger partial charge in [-0.2, -0.15) is 4.98 Å². The third-order valence-corrected chi connectivity index (χ3v) is 10.3. The van der Waals surface area contributed by atoms with Crippen LogP contribution in [0.4, 0.5) is 0 Å². The summed E-state index contributed by atoms with van der Waals surface area (Å²) in [5.41, 5.74) is 10.5. The molecule has 0 radical (unpaired) electrons. The highest BCUT2D eigenvalue weighted by atomic mass is 16.5. The zero-order valence-electron chi connectivity index (χ0n) is 30.0. The van der Waals surface area contributed by atoms with Gasteiger partial charge < -0.3 is 4.74 Å². The van der Waals surface area contributed by atoms with Crippen LogP contribution in [-0.4, -0.2) is 33.1 Å². The molecule has 10 aromatic rings. The summed E-state index contributed by atoms with van der Waals surface area (Å²) < 4.78 is 15.4. The van der Waals surface area contributed by atoms with Crippen LogP contribution in [0, 0.1) is 0 Å². The highest BCUT2D eigenvalue weighted by Gasteiger charge is 2.24. The van der Waals surface area contributed by atoms with Gasteiger partial charge in [-0.05, 0) is 77.6 Å². The van der Waals surface area contributed by atoms with E-state index in [1.807, 2.05) is 48.9 Å². The molecule has 0 spiro atoms. The SMILES string of the molecule is CC(C)c1cccc(C(C)C)c1-n1cnc2c1nc1n(-c3ccccc3)c3ccc(Oc4ccc5c6ccccc6n(-c6ccccn6)c5c4)cc3n21. The second-order valence-electron chi connectivity index (χ2n) is 14.2. The Kier molecular flexibility index (Phi) is 7.01. The average Bonchev–Trinajstić information content (AvgIpc) is 3.92. The second-order valence-corrected chi connectivity index (χ2v) is 14.2. The van der Waals surface area contributed by atoms with Gasteiger partial charge in [-0.1, -0.05) is 88.4 Å². The Labute approximate surface area is 306 Å². The lowest BCUT2D eigenvalue weighted by Gasteiger charge is -2.20. The molecule has 0 aliphatic rings. The van der Waals surface area contributed by atoms with Crippen LogP contribution in [0.2, 0.25) is 0 Å². The van der Waals surface area contributed by atoms with Crippen LogP contribution in [0.1, 0.15) is 50.7 Å². The maximum Gasteiger partial charge on any atom is 0.223 e. The summed E-state index contributed by atoms with van der Waals surface area (Å²) in [6, 6.07) is 44.0. The topological polar surface area (TPSA) is 67.1 Å². The third-order valence-electron chi connectivity index (χ3n) is 10.3. The average molecular weight is 692 g/mol. The summed E-state index contributed by atoms with van der Waals surface area (Å²) in [5.74, 6) is 3.79. The molecule has 0 bridgehead atoms. The van der Waals surface area contributed by atoms with Crippen molar-refractivity contribution >= 4 is 49.9 Å². The highest BCUT2D eigenvalue weighted by Crippen LogP contribution is 2.38. The van der Waals surface area contributed by atoms with Crippen molar-refractivity contribution in [1.29, 1.82) is 0 Å². The number of nitrogens with zero attached hydrogens (tertiary/aromatic N) is 7. The Balaban J connectivity index is 1.16. The lowest BCUT2D eigenvalue weighted by molar-refractivity contribution is 0.484. The molecule has 0 atom stereocenters. The van der Waals surface area contributed by atoms with Crippen LogP contribution in [0.5, 0.6) is 11.5 Å². The van der Waals surface area contributed by atoms with E-state index in [9.17, 15) is 0 Å². The van der Waals surface area contributed by atoms with Gasteiger partial charge in [0.15, 0.2) is 11.3 Å².